The van der Waals surface area contributed by atoms with Crippen LogP contribution in [-0.2, 0) is 9.53 Å². The molecule has 0 radical (unpaired) electrons. The molecule has 0 aromatic carbocycles. The van der Waals surface area contributed by atoms with Crippen LogP contribution in [0.15, 0.2) is 12.2 Å². The molecule has 0 bridgehead atoms. The first-order valence-corrected chi connectivity index (χ1v) is 8.99. The van der Waals surface area contributed by atoms with Crippen molar-refractivity contribution in [3.8, 4) is 0 Å². The summed E-state index contributed by atoms with van der Waals surface area (Å²) in [6, 6.07) is 0. The zero-order valence-corrected chi connectivity index (χ0v) is 14.5. The molecule has 0 rings (SSSR count). The molecule has 1 atom stereocenters. The summed E-state index contributed by atoms with van der Waals surface area (Å²) < 4.78 is 5.11. The van der Waals surface area contributed by atoms with E-state index in [9.17, 15) is 4.79 Å². The lowest BCUT2D eigenvalue weighted by Gasteiger charge is -2.10. The molecular formula is C19H36O2. The molecule has 0 saturated heterocycles. The van der Waals surface area contributed by atoms with Gasteiger partial charge in [0.1, 0.15) is 0 Å². The largest absolute Gasteiger partial charge is 0.463 e. The number of hydrogen-bond acceptors (Lipinski definition) is 2. The lowest BCUT2D eigenvalue weighted by Crippen LogP contribution is -2.11. The van der Waals surface area contributed by atoms with Crippen LogP contribution in [0.1, 0.15) is 97.8 Å². The van der Waals surface area contributed by atoms with Gasteiger partial charge < -0.3 is 4.74 Å². The number of ether oxygens (including phenoxy) is 1. The van der Waals surface area contributed by atoms with Gasteiger partial charge in [0.05, 0.1) is 6.10 Å². The van der Waals surface area contributed by atoms with Crippen LogP contribution in [0.2, 0.25) is 0 Å². The number of rotatable bonds is 14. The van der Waals surface area contributed by atoms with E-state index in [1.54, 1.807) is 0 Å². The van der Waals surface area contributed by atoms with E-state index in [1.807, 2.05) is 6.92 Å². The summed E-state index contributed by atoms with van der Waals surface area (Å²) in [6.45, 7) is 5.72. The van der Waals surface area contributed by atoms with Gasteiger partial charge in [-0.05, 0) is 45.4 Å². The fourth-order valence-corrected chi connectivity index (χ4v) is 2.49. The Kier molecular flexibility index (Phi) is 15.0. The van der Waals surface area contributed by atoms with Crippen LogP contribution in [0.5, 0.6) is 0 Å². The summed E-state index contributed by atoms with van der Waals surface area (Å²) in [4.78, 5) is 10.8. The van der Waals surface area contributed by atoms with Gasteiger partial charge in [0.2, 0.25) is 0 Å². The van der Waals surface area contributed by atoms with Crippen molar-refractivity contribution in [2.24, 2.45) is 0 Å². The number of esters is 1. The fraction of sp³-hybridized carbons (Fsp3) is 0.842. The number of hydrogen-bond donors (Lipinski definition) is 0. The Bertz CT molecular complexity index is 258. The topological polar surface area (TPSA) is 26.3 Å². The maximum Gasteiger partial charge on any atom is 0.302 e. The molecule has 0 spiro atoms. The molecule has 0 aromatic rings. The van der Waals surface area contributed by atoms with Crippen LogP contribution in [0.25, 0.3) is 0 Å². The van der Waals surface area contributed by atoms with Crippen molar-refractivity contribution in [1.29, 1.82) is 0 Å². The second kappa shape index (κ2) is 15.6. The minimum atomic E-state index is -0.163. The first-order valence-electron chi connectivity index (χ1n) is 8.99. The molecule has 1 unspecified atom stereocenters. The van der Waals surface area contributed by atoms with Crippen LogP contribution >= 0.6 is 0 Å². The summed E-state index contributed by atoms with van der Waals surface area (Å²) in [5, 5.41) is 0. The Morgan fingerprint density at radius 1 is 0.905 bits per heavy atom. The maximum absolute atomic E-state index is 10.8. The number of carbonyl (C=O) groups is 1. The number of allylic oxidation sites excluding steroid dienone is 2. The molecule has 0 aliphatic heterocycles. The van der Waals surface area contributed by atoms with E-state index < -0.39 is 0 Å². The molecule has 2 heteroatoms. The zero-order chi connectivity index (χ0) is 15.8. The minimum Gasteiger partial charge on any atom is -0.463 e. The SMILES string of the molecule is CCCCCC/C=C\CCCCCCCC(C)OC(C)=O. The Morgan fingerprint density at radius 2 is 1.43 bits per heavy atom. The smallest absolute Gasteiger partial charge is 0.302 e. The Labute approximate surface area is 132 Å². The van der Waals surface area contributed by atoms with Gasteiger partial charge in [-0.2, -0.15) is 0 Å². The molecule has 0 aromatic heterocycles. The van der Waals surface area contributed by atoms with Crippen molar-refractivity contribution in [3.63, 3.8) is 0 Å². The van der Waals surface area contributed by atoms with Crippen LogP contribution in [0, 0.1) is 0 Å². The molecule has 0 N–H and O–H groups in total. The van der Waals surface area contributed by atoms with Gasteiger partial charge in [0.15, 0.2) is 0 Å². The number of unbranched alkanes of at least 4 members (excludes halogenated alkanes) is 9. The van der Waals surface area contributed by atoms with Crippen molar-refractivity contribution < 1.29 is 9.53 Å². The second-order valence-corrected chi connectivity index (χ2v) is 6.09. The molecule has 0 fully saturated rings. The zero-order valence-electron chi connectivity index (χ0n) is 14.5. The van der Waals surface area contributed by atoms with E-state index in [0.29, 0.717) is 0 Å². The third-order valence-corrected chi connectivity index (χ3v) is 3.74. The van der Waals surface area contributed by atoms with Crippen molar-refractivity contribution >= 4 is 5.97 Å². The predicted octanol–water partition coefficient (Wildman–Crippen LogP) is 6.20. The van der Waals surface area contributed by atoms with Crippen molar-refractivity contribution in [2.75, 3.05) is 0 Å². The second-order valence-electron chi connectivity index (χ2n) is 6.09. The average molecular weight is 296 g/mol. The molecule has 0 aliphatic carbocycles. The quantitative estimate of drug-likeness (QED) is 0.217. The number of carbonyl (C=O) groups excluding carboxylic acids is 1. The van der Waals surface area contributed by atoms with Gasteiger partial charge in [0, 0.05) is 6.92 Å². The first-order chi connectivity index (χ1) is 10.2. The minimum absolute atomic E-state index is 0.0816. The van der Waals surface area contributed by atoms with E-state index >= 15 is 0 Å². The van der Waals surface area contributed by atoms with Crippen molar-refractivity contribution in [2.45, 2.75) is 104 Å². The third kappa shape index (κ3) is 17.2. The molecule has 0 amide bonds. The average Bonchev–Trinajstić information content (AvgIpc) is 2.43. The molecule has 21 heavy (non-hydrogen) atoms. The summed E-state index contributed by atoms with van der Waals surface area (Å²) in [7, 11) is 0. The van der Waals surface area contributed by atoms with Gasteiger partial charge in [-0.3, -0.25) is 4.79 Å². The fourth-order valence-electron chi connectivity index (χ4n) is 2.49. The summed E-state index contributed by atoms with van der Waals surface area (Å²) in [5.74, 6) is -0.163. The van der Waals surface area contributed by atoms with Gasteiger partial charge in [-0.25, -0.2) is 0 Å². The molecular weight excluding hydrogens is 260 g/mol. The summed E-state index contributed by atoms with van der Waals surface area (Å²) >= 11 is 0. The lowest BCUT2D eigenvalue weighted by molar-refractivity contribution is -0.145. The van der Waals surface area contributed by atoms with Gasteiger partial charge >= 0.3 is 5.97 Å². The highest BCUT2D eigenvalue weighted by Crippen LogP contribution is 2.11. The first kappa shape index (κ1) is 20.2. The Balaban J connectivity index is 3.18. The standard InChI is InChI=1S/C19H36O2/c1-4-5-6-7-8-9-10-11-12-13-14-15-16-17-18(2)21-19(3)20/h9-10,18H,4-8,11-17H2,1-3H3/b10-9-. The highest BCUT2D eigenvalue weighted by molar-refractivity contribution is 5.66. The molecule has 124 valence electrons. The molecule has 0 heterocycles. The predicted molar refractivity (Wildman–Crippen MR) is 91.4 cm³/mol. The van der Waals surface area contributed by atoms with Crippen molar-refractivity contribution in [3.05, 3.63) is 12.2 Å². The van der Waals surface area contributed by atoms with Crippen molar-refractivity contribution in [1.82, 2.24) is 0 Å². The van der Waals surface area contributed by atoms with Gasteiger partial charge in [-0.1, -0.05) is 57.6 Å². The van der Waals surface area contributed by atoms with Crippen LogP contribution in [0.4, 0.5) is 0 Å². The Morgan fingerprint density at radius 3 is 2.00 bits per heavy atom. The van der Waals surface area contributed by atoms with E-state index in [1.165, 1.54) is 77.6 Å². The summed E-state index contributed by atoms with van der Waals surface area (Å²) in [5.41, 5.74) is 0. The van der Waals surface area contributed by atoms with E-state index in [2.05, 4.69) is 19.1 Å². The summed E-state index contributed by atoms with van der Waals surface area (Å²) in [6.07, 6.45) is 20.1. The van der Waals surface area contributed by atoms with Gasteiger partial charge in [-0.15, -0.1) is 0 Å². The van der Waals surface area contributed by atoms with Crippen LogP contribution in [0.3, 0.4) is 0 Å². The van der Waals surface area contributed by atoms with E-state index in [4.69, 9.17) is 4.74 Å². The highest BCUT2D eigenvalue weighted by atomic mass is 16.5. The van der Waals surface area contributed by atoms with Gasteiger partial charge in [0.25, 0.3) is 0 Å². The molecule has 0 saturated carbocycles. The maximum atomic E-state index is 10.8. The molecule has 2 nitrogen and oxygen atoms in total. The van der Waals surface area contributed by atoms with E-state index in [-0.39, 0.29) is 12.1 Å². The molecule has 0 aliphatic rings. The monoisotopic (exact) mass is 296 g/mol. The Hall–Kier alpha value is -0.790. The third-order valence-electron chi connectivity index (χ3n) is 3.74. The van der Waals surface area contributed by atoms with Crippen LogP contribution in [-0.4, -0.2) is 12.1 Å². The van der Waals surface area contributed by atoms with E-state index in [0.717, 1.165) is 6.42 Å². The van der Waals surface area contributed by atoms with Crippen LogP contribution < -0.4 is 0 Å². The lowest BCUT2D eigenvalue weighted by atomic mass is 10.1. The normalized spacial score (nSPS) is 12.7. The highest BCUT2D eigenvalue weighted by Gasteiger charge is 2.04.